The molecule has 0 aliphatic heterocycles. The van der Waals surface area contributed by atoms with Crippen LogP contribution in [0.1, 0.15) is 21.5 Å². The molecule has 0 bridgehead atoms. The summed E-state index contributed by atoms with van der Waals surface area (Å²) in [7, 11) is 0. The van der Waals surface area contributed by atoms with Gasteiger partial charge in [0, 0.05) is 11.8 Å². The van der Waals surface area contributed by atoms with Crippen molar-refractivity contribution < 1.29 is 4.79 Å². The topological polar surface area (TPSA) is 84.7 Å². The Balaban J connectivity index is 2.36. The van der Waals surface area contributed by atoms with Crippen molar-refractivity contribution in [2.24, 2.45) is 5.73 Å². The molecule has 5 nitrogen and oxygen atoms in total. The third kappa shape index (κ3) is 1.84. The number of hydrogen-bond donors (Lipinski definition) is 2. The number of aryl methyl sites for hydroxylation is 2. The number of nitrogens with one attached hydrogen (secondary N) is 1. The van der Waals surface area contributed by atoms with Gasteiger partial charge in [-0.3, -0.25) is 4.79 Å². The second kappa shape index (κ2) is 4.45. The van der Waals surface area contributed by atoms with Gasteiger partial charge in [0.15, 0.2) is 0 Å². The quantitative estimate of drug-likeness (QED) is 0.746. The van der Waals surface area contributed by atoms with Gasteiger partial charge in [-0.1, -0.05) is 23.8 Å². The molecule has 0 saturated heterocycles. The van der Waals surface area contributed by atoms with Crippen molar-refractivity contribution in [3.8, 4) is 11.3 Å². The van der Waals surface area contributed by atoms with Gasteiger partial charge in [0.1, 0.15) is 12.0 Å². The molecule has 3 rings (SSSR count). The molecule has 2 aromatic heterocycles. The number of amides is 1. The zero-order valence-corrected chi connectivity index (χ0v) is 11.3. The fraction of sp³-hybridized carbons (Fsp3) is 0.133. The number of H-pyrrole nitrogens is 1. The maximum absolute atomic E-state index is 11.5. The summed E-state index contributed by atoms with van der Waals surface area (Å²) < 4.78 is 0. The summed E-state index contributed by atoms with van der Waals surface area (Å²) in [5.41, 5.74) is 10.4. The number of aromatic nitrogens is 3. The van der Waals surface area contributed by atoms with Gasteiger partial charge < -0.3 is 10.7 Å². The Kier molecular flexibility index (Phi) is 2.75. The Bertz CT molecular complexity index is 820. The van der Waals surface area contributed by atoms with E-state index in [0.29, 0.717) is 16.6 Å². The van der Waals surface area contributed by atoms with Crippen LogP contribution < -0.4 is 5.73 Å². The van der Waals surface area contributed by atoms with Gasteiger partial charge in [-0.05, 0) is 19.4 Å². The summed E-state index contributed by atoms with van der Waals surface area (Å²) in [5.74, 6) is -0.489. The third-order valence-electron chi connectivity index (χ3n) is 3.37. The van der Waals surface area contributed by atoms with Crippen LogP contribution in [0.15, 0.2) is 30.7 Å². The maximum Gasteiger partial charge on any atom is 0.251 e. The van der Waals surface area contributed by atoms with Crippen LogP contribution in [0.4, 0.5) is 0 Å². The first-order valence-corrected chi connectivity index (χ1v) is 6.27. The average Bonchev–Trinajstić information content (AvgIpc) is 2.83. The number of rotatable bonds is 2. The number of carbonyl (C=O) groups is 1. The fourth-order valence-electron chi connectivity index (χ4n) is 2.44. The van der Waals surface area contributed by atoms with Crippen molar-refractivity contribution in [1.29, 1.82) is 0 Å². The lowest BCUT2D eigenvalue weighted by atomic mass is 10.00. The van der Waals surface area contributed by atoms with Crippen LogP contribution in [-0.2, 0) is 0 Å². The van der Waals surface area contributed by atoms with Crippen LogP contribution in [-0.4, -0.2) is 20.9 Å². The number of carbonyl (C=O) groups excluding carboxylic acids is 1. The highest BCUT2D eigenvalue weighted by molar-refractivity contribution is 6.09. The van der Waals surface area contributed by atoms with Crippen molar-refractivity contribution in [1.82, 2.24) is 15.0 Å². The molecule has 0 aliphatic carbocycles. The first kappa shape index (κ1) is 12.3. The van der Waals surface area contributed by atoms with Gasteiger partial charge in [-0.2, -0.15) is 0 Å². The van der Waals surface area contributed by atoms with E-state index in [1.165, 1.54) is 11.9 Å². The van der Waals surface area contributed by atoms with Gasteiger partial charge >= 0.3 is 0 Å². The average molecular weight is 266 g/mol. The molecule has 1 amide bonds. The van der Waals surface area contributed by atoms with Crippen molar-refractivity contribution in [2.75, 3.05) is 0 Å². The van der Waals surface area contributed by atoms with E-state index in [4.69, 9.17) is 5.73 Å². The maximum atomic E-state index is 11.5. The van der Waals surface area contributed by atoms with Gasteiger partial charge in [0.25, 0.3) is 5.91 Å². The molecular weight excluding hydrogens is 252 g/mol. The summed E-state index contributed by atoms with van der Waals surface area (Å²) in [5, 5.41) is 0.673. The smallest absolute Gasteiger partial charge is 0.251 e. The van der Waals surface area contributed by atoms with Gasteiger partial charge in [-0.15, -0.1) is 0 Å². The van der Waals surface area contributed by atoms with Crippen LogP contribution in [0.25, 0.3) is 22.3 Å². The third-order valence-corrected chi connectivity index (χ3v) is 3.37. The van der Waals surface area contributed by atoms with Crippen molar-refractivity contribution in [3.63, 3.8) is 0 Å². The number of aromatic amines is 1. The van der Waals surface area contributed by atoms with E-state index >= 15 is 0 Å². The van der Waals surface area contributed by atoms with E-state index in [-0.39, 0.29) is 0 Å². The Morgan fingerprint density at radius 3 is 2.75 bits per heavy atom. The van der Waals surface area contributed by atoms with E-state index in [1.54, 1.807) is 6.20 Å². The van der Waals surface area contributed by atoms with Gasteiger partial charge in [0.05, 0.1) is 16.6 Å². The van der Waals surface area contributed by atoms with E-state index in [9.17, 15) is 4.79 Å². The molecule has 1 aromatic carbocycles. The standard InChI is InChI=1S/C15H14N4O/c1-8-3-4-10(9(2)5-8)13-12-11(14(16)20)6-17-15(12)19-7-18-13/h3-7H,1-2H3,(H2,16,20)(H,17,18,19). The lowest BCUT2D eigenvalue weighted by molar-refractivity contribution is 0.100. The van der Waals surface area contributed by atoms with E-state index in [2.05, 4.69) is 21.0 Å². The molecule has 3 aromatic rings. The van der Waals surface area contributed by atoms with Crippen LogP contribution in [0.3, 0.4) is 0 Å². The SMILES string of the molecule is Cc1ccc(-c2ncnc3[nH]cc(C(N)=O)c23)c(C)c1. The minimum Gasteiger partial charge on any atom is -0.366 e. The van der Waals surface area contributed by atoms with Crippen molar-refractivity contribution in [3.05, 3.63) is 47.4 Å². The number of nitrogens with zero attached hydrogens (tertiary/aromatic N) is 2. The normalized spacial score (nSPS) is 10.9. The molecule has 0 aliphatic rings. The predicted molar refractivity (Wildman–Crippen MR) is 77.3 cm³/mol. The molecule has 0 fully saturated rings. The van der Waals surface area contributed by atoms with Gasteiger partial charge in [-0.25, -0.2) is 9.97 Å². The summed E-state index contributed by atoms with van der Waals surface area (Å²) >= 11 is 0. The van der Waals surface area contributed by atoms with Crippen molar-refractivity contribution in [2.45, 2.75) is 13.8 Å². The summed E-state index contributed by atoms with van der Waals surface area (Å²) in [6.45, 7) is 4.06. The number of hydrogen-bond acceptors (Lipinski definition) is 3. The highest BCUT2D eigenvalue weighted by Gasteiger charge is 2.16. The minimum atomic E-state index is -0.489. The highest BCUT2D eigenvalue weighted by atomic mass is 16.1. The van der Waals surface area contributed by atoms with Crippen LogP contribution in [0.2, 0.25) is 0 Å². The van der Waals surface area contributed by atoms with Gasteiger partial charge in [0.2, 0.25) is 0 Å². The molecule has 3 N–H and O–H groups in total. The first-order valence-electron chi connectivity index (χ1n) is 6.27. The molecule has 20 heavy (non-hydrogen) atoms. The van der Waals surface area contributed by atoms with E-state index in [1.807, 2.05) is 26.0 Å². The summed E-state index contributed by atoms with van der Waals surface area (Å²) in [4.78, 5) is 23.0. The molecule has 0 spiro atoms. The lowest BCUT2D eigenvalue weighted by Gasteiger charge is -2.08. The second-order valence-electron chi connectivity index (χ2n) is 4.83. The zero-order chi connectivity index (χ0) is 14.3. The number of nitrogens with two attached hydrogens (primary N) is 1. The van der Waals surface area contributed by atoms with Crippen LogP contribution >= 0.6 is 0 Å². The number of fused-ring (bicyclic) bond motifs is 1. The molecule has 5 heteroatoms. The summed E-state index contributed by atoms with van der Waals surface area (Å²) in [6.07, 6.45) is 3.06. The fourth-order valence-corrected chi connectivity index (χ4v) is 2.44. The molecular formula is C15H14N4O. The first-order chi connectivity index (χ1) is 9.58. The molecule has 100 valence electrons. The number of benzene rings is 1. The van der Waals surface area contributed by atoms with Crippen LogP contribution in [0.5, 0.6) is 0 Å². The molecule has 0 saturated carbocycles. The molecule has 0 atom stereocenters. The largest absolute Gasteiger partial charge is 0.366 e. The Morgan fingerprint density at radius 1 is 1.25 bits per heavy atom. The Morgan fingerprint density at radius 2 is 2.05 bits per heavy atom. The zero-order valence-electron chi connectivity index (χ0n) is 11.3. The molecule has 0 radical (unpaired) electrons. The highest BCUT2D eigenvalue weighted by Crippen LogP contribution is 2.30. The number of primary amides is 1. The second-order valence-corrected chi connectivity index (χ2v) is 4.83. The van der Waals surface area contributed by atoms with Crippen LogP contribution in [0, 0.1) is 13.8 Å². The lowest BCUT2D eigenvalue weighted by Crippen LogP contribution is -2.10. The van der Waals surface area contributed by atoms with Crippen molar-refractivity contribution >= 4 is 16.9 Å². The van der Waals surface area contributed by atoms with E-state index < -0.39 is 5.91 Å². The Labute approximate surface area is 115 Å². The van der Waals surface area contributed by atoms with E-state index in [0.717, 1.165) is 16.8 Å². The predicted octanol–water partition coefficient (Wildman–Crippen LogP) is 2.34. The minimum absolute atomic E-state index is 0.413. The molecule has 2 heterocycles. The summed E-state index contributed by atoms with van der Waals surface area (Å²) in [6, 6.07) is 6.11. The monoisotopic (exact) mass is 266 g/mol. The Hall–Kier alpha value is -2.69. The molecule has 0 unspecified atom stereocenters.